The summed E-state index contributed by atoms with van der Waals surface area (Å²) in [7, 11) is -4.07. The Kier molecular flexibility index (Phi) is 4.26. The Balaban J connectivity index is 1.95. The van der Waals surface area contributed by atoms with E-state index >= 15 is 0 Å². The first-order valence-electron chi connectivity index (χ1n) is 5.69. The number of carbonyl (C=O) groups is 1. The summed E-state index contributed by atoms with van der Waals surface area (Å²) in [6.07, 6.45) is 2.22. The number of ketones is 1. The van der Waals surface area contributed by atoms with Gasteiger partial charge in [0.2, 0.25) is 0 Å². The van der Waals surface area contributed by atoms with Crippen molar-refractivity contribution in [1.29, 1.82) is 0 Å². The predicted octanol–water partition coefficient (Wildman–Crippen LogP) is -1.35. The third-order valence-electron chi connectivity index (χ3n) is 2.57. The van der Waals surface area contributed by atoms with Gasteiger partial charge in [-0.2, -0.15) is 14.7 Å². The lowest BCUT2D eigenvalue weighted by Gasteiger charge is -2.04. The minimum absolute atomic E-state index is 0.126. The summed E-state index contributed by atoms with van der Waals surface area (Å²) in [5, 5.41) is 2.78. The molecule has 2 rings (SSSR count). The van der Waals surface area contributed by atoms with Gasteiger partial charge in [0.1, 0.15) is 5.52 Å². The molecule has 0 radical (unpaired) electrons. The van der Waals surface area contributed by atoms with Gasteiger partial charge in [0.05, 0.1) is 18.4 Å². The maximum Gasteiger partial charge on any atom is 0.411 e. The van der Waals surface area contributed by atoms with Gasteiger partial charge in [0.15, 0.2) is 11.9 Å². The molecule has 0 atom stereocenters. The molecule has 2 aromatic rings. The first-order chi connectivity index (χ1) is 9.37. The van der Waals surface area contributed by atoms with Crippen LogP contribution < -0.4 is 10.9 Å². The molecule has 0 saturated heterocycles. The van der Waals surface area contributed by atoms with E-state index in [0.29, 0.717) is 16.6 Å². The first kappa shape index (κ1) is 14.8. The molecule has 0 bridgehead atoms. The molecule has 0 saturated carbocycles. The number of nitrogens with zero attached hydrogens (tertiary/aromatic N) is 1. The number of fused-ring (bicyclic) bond motifs is 1. The summed E-state index contributed by atoms with van der Waals surface area (Å²) in [6, 6.07) is 0. The lowest BCUT2D eigenvalue weighted by atomic mass is 10.3. The van der Waals surface area contributed by atoms with Crippen molar-refractivity contribution in [2.75, 3.05) is 12.7 Å². The van der Waals surface area contributed by atoms with Crippen molar-refractivity contribution in [3.8, 4) is 0 Å². The number of nitrogens with one attached hydrogen (secondary N) is 3. The topological polar surface area (TPSA) is 151 Å². The summed E-state index contributed by atoms with van der Waals surface area (Å²) in [6.45, 7) is 0.148. The predicted molar refractivity (Wildman–Crippen MR) is 71.9 cm³/mol. The van der Waals surface area contributed by atoms with Crippen LogP contribution in [0.4, 0.5) is 0 Å². The number of aromatic amines is 2. The van der Waals surface area contributed by atoms with Gasteiger partial charge in [-0.25, -0.2) is 4.98 Å². The molecular formula is C10H14N4O5P+. The number of carbonyl (C=O) groups excluding carboxylic acids is 1. The molecule has 108 valence electrons. The average molecular weight is 301 g/mol. The van der Waals surface area contributed by atoms with Gasteiger partial charge in [-0.05, 0) is 0 Å². The summed E-state index contributed by atoms with van der Waals surface area (Å²) >= 11 is 0. The van der Waals surface area contributed by atoms with E-state index in [-0.39, 0.29) is 18.6 Å². The fraction of sp³-hybridized carbons (Fsp3) is 0.300. The lowest BCUT2D eigenvalue weighted by molar-refractivity contribution is -0.116. The minimum Gasteiger partial charge on any atom is -0.355 e. The number of aromatic nitrogens is 3. The molecule has 0 fully saturated rings. The normalized spacial score (nSPS) is 11.9. The van der Waals surface area contributed by atoms with Crippen molar-refractivity contribution in [3.05, 3.63) is 28.4 Å². The second-order valence-corrected chi connectivity index (χ2v) is 5.96. The number of rotatable bonds is 6. The summed E-state index contributed by atoms with van der Waals surface area (Å²) in [4.78, 5) is 58.3. The highest BCUT2D eigenvalue weighted by Crippen LogP contribution is 2.43. The van der Waals surface area contributed by atoms with Crippen LogP contribution in [0.25, 0.3) is 11.0 Å². The molecule has 0 spiro atoms. The Bertz CT molecular complexity index is 674. The fourth-order valence-electron chi connectivity index (χ4n) is 1.77. The van der Waals surface area contributed by atoms with Crippen LogP contribution in [-0.4, -0.2) is 48.1 Å². The van der Waals surface area contributed by atoms with Crippen LogP contribution in [0.15, 0.2) is 17.3 Å². The molecular weight excluding hydrogens is 287 g/mol. The smallest absolute Gasteiger partial charge is 0.355 e. The molecule has 9 nitrogen and oxygen atoms in total. The molecule has 6 N–H and O–H groups in total. The quantitative estimate of drug-likeness (QED) is 0.361. The zero-order chi connectivity index (χ0) is 14.8. The summed E-state index contributed by atoms with van der Waals surface area (Å²) < 4.78 is 0. The van der Waals surface area contributed by atoms with Gasteiger partial charge in [0.25, 0.3) is 5.56 Å². The Labute approximate surface area is 113 Å². The fourth-order valence-corrected chi connectivity index (χ4v) is 2.35. The zero-order valence-electron chi connectivity index (χ0n) is 10.3. The highest BCUT2D eigenvalue weighted by atomic mass is 31.2. The molecule has 0 unspecified atom stereocenters. The van der Waals surface area contributed by atoms with Gasteiger partial charge in [-0.15, -0.1) is 0 Å². The Morgan fingerprint density at radius 3 is 2.80 bits per heavy atom. The Hall–Kier alpha value is -1.64. The van der Waals surface area contributed by atoms with Gasteiger partial charge in [-0.1, -0.05) is 0 Å². The van der Waals surface area contributed by atoms with Gasteiger partial charge >= 0.3 is 7.94 Å². The van der Waals surface area contributed by atoms with E-state index in [0.717, 1.165) is 0 Å². The van der Waals surface area contributed by atoms with Crippen LogP contribution in [-0.2, 0) is 11.3 Å². The van der Waals surface area contributed by atoms with Crippen molar-refractivity contribution in [1.82, 2.24) is 20.3 Å². The number of hydrogen-bond donors (Lipinski definition) is 6. The largest absolute Gasteiger partial charge is 0.411 e. The highest BCUT2D eigenvalue weighted by Gasteiger charge is 2.33. The van der Waals surface area contributed by atoms with Crippen molar-refractivity contribution < 1.29 is 19.5 Å². The standard InChI is InChI=1S/C10H13N4O5P/c15-7(4-20(17,18)19)3-11-1-6-2-12-9-8(6)13-5-14-10(9)16/h2,5,11,17-19H,1,3-4H2,(H-,12,13,14,16)/p+1. The molecule has 10 heteroatoms. The van der Waals surface area contributed by atoms with E-state index in [1.807, 2.05) is 0 Å². The molecule has 2 heterocycles. The van der Waals surface area contributed by atoms with Crippen LogP contribution in [0.3, 0.4) is 0 Å². The van der Waals surface area contributed by atoms with E-state index in [2.05, 4.69) is 20.3 Å². The van der Waals surface area contributed by atoms with Crippen LogP contribution in [0.5, 0.6) is 0 Å². The van der Waals surface area contributed by atoms with Crippen LogP contribution in [0.1, 0.15) is 5.56 Å². The van der Waals surface area contributed by atoms with Crippen LogP contribution >= 0.6 is 7.94 Å². The maximum absolute atomic E-state index is 11.4. The van der Waals surface area contributed by atoms with E-state index in [1.54, 1.807) is 6.20 Å². The summed E-state index contributed by atoms with van der Waals surface area (Å²) in [5.74, 6) is -0.517. The van der Waals surface area contributed by atoms with Crippen molar-refractivity contribution in [2.45, 2.75) is 6.54 Å². The van der Waals surface area contributed by atoms with Gasteiger partial charge in [0, 0.05) is 18.3 Å². The second-order valence-electron chi connectivity index (χ2n) is 4.26. The highest BCUT2D eigenvalue weighted by molar-refractivity contribution is 7.59. The zero-order valence-corrected chi connectivity index (χ0v) is 11.2. The van der Waals surface area contributed by atoms with Gasteiger partial charge < -0.3 is 15.3 Å². The summed E-state index contributed by atoms with van der Waals surface area (Å²) in [5.41, 5.74) is 1.27. The monoisotopic (exact) mass is 301 g/mol. The maximum atomic E-state index is 11.4. The van der Waals surface area contributed by atoms with E-state index in [1.165, 1.54) is 6.33 Å². The molecule has 0 aliphatic rings. The second kappa shape index (κ2) is 5.78. The third-order valence-corrected chi connectivity index (χ3v) is 3.35. The van der Waals surface area contributed by atoms with Crippen molar-refractivity contribution >= 4 is 24.8 Å². The number of H-pyrrole nitrogens is 2. The number of hydrogen-bond acceptors (Lipinski definition) is 7. The molecule has 0 aliphatic carbocycles. The van der Waals surface area contributed by atoms with E-state index in [4.69, 9.17) is 14.7 Å². The third kappa shape index (κ3) is 3.69. The molecule has 20 heavy (non-hydrogen) atoms. The Morgan fingerprint density at radius 2 is 2.10 bits per heavy atom. The first-order valence-corrected chi connectivity index (χ1v) is 7.52. The lowest BCUT2D eigenvalue weighted by Crippen LogP contribution is -2.25. The van der Waals surface area contributed by atoms with Crippen LogP contribution in [0, 0.1) is 0 Å². The molecule has 2 aromatic heterocycles. The average Bonchev–Trinajstić information content (AvgIpc) is 2.72. The van der Waals surface area contributed by atoms with E-state index < -0.39 is 19.9 Å². The van der Waals surface area contributed by atoms with Crippen molar-refractivity contribution in [3.63, 3.8) is 0 Å². The minimum atomic E-state index is -4.07. The van der Waals surface area contributed by atoms with E-state index in [9.17, 15) is 9.59 Å². The number of Topliss-reactive ketones (excluding diaryl/α,β-unsaturated/α-hetero) is 1. The molecule has 0 amide bonds. The molecule has 0 aliphatic heterocycles. The SMILES string of the molecule is O=C(CNCc1c[nH]c2c(=O)[nH]cnc12)C[P+](O)(O)O. The molecule has 0 aromatic carbocycles. The van der Waals surface area contributed by atoms with Crippen LogP contribution in [0.2, 0.25) is 0 Å². The van der Waals surface area contributed by atoms with Crippen molar-refractivity contribution in [2.24, 2.45) is 0 Å². The Morgan fingerprint density at radius 1 is 1.35 bits per heavy atom. The van der Waals surface area contributed by atoms with Gasteiger partial charge in [-0.3, -0.25) is 9.59 Å².